The third-order valence-corrected chi connectivity index (χ3v) is 1.99. The maximum absolute atomic E-state index is 2.79. The fourth-order valence-electron chi connectivity index (χ4n) is 0.870. The first-order valence-corrected chi connectivity index (χ1v) is 4.19. The summed E-state index contributed by atoms with van der Waals surface area (Å²) in [5.74, 6) is 0. The minimum atomic E-state index is 0. The number of benzene rings is 1. The van der Waals surface area contributed by atoms with Gasteiger partial charge in [-0.3, -0.25) is 0 Å². The first kappa shape index (κ1) is 7.86. The lowest BCUT2D eigenvalue weighted by Gasteiger charge is -2.04. The van der Waals surface area contributed by atoms with Crippen LogP contribution in [0.15, 0.2) is 24.3 Å². The Hall–Kier alpha value is -0.248. The maximum atomic E-state index is 2.79. The molecular weight excluding hydrogens is 135 g/mol. The molecule has 0 aliphatic carbocycles. The van der Waals surface area contributed by atoms with E-state index in [-0.39, 0.29) is 1.43 Å². The van der Waals surface area contributed by atoms with E-state index in [1.54, 1.807) is 0 Å². The van der Waals surface area contributed by atoms with Crippen LogP contribution in [0.25, 0.3) is 0 Å². The van der Waals surface area contributed by atoms with Gasteiger partial charge in [0.05, 0.1) is 0 Å². The average Bonchev–Trinajstić information content (AvgIpc) is 1.88. The summed E-state index contributed by atoms with van der Waals surface area (Å²) >= 11 is 2.79. The molecule has 0 bridgehead atoms. The number of aryl methyl sites for hydroxylation is 1. The van der Waals surface area contributed by atoms with Crippen molar-refractivity contribution >= 4 is 16.3 Å². The van der Waals surface area contributed by atoms with Crippen LogP contribution in [-0.2, 0) is 0 Å². The second-order valence-corrected chi connectivity index (χ2v) is 3.70. The molecule has 2 radical (unpaired) electrons. The first-order valence-electron chi connectivity index (χ1n) is 3.52. The number of hydrogen-bond acceptors (Lipinski definition) is 0. The van der Waals surface area contributed by atoms with E-state index < -0.39 is 0 Å². The zero-order valence-corrected chi connectivity index (χ0v) is 7.62. The highest BCUT2D eigenvalue weighted by Gasteiger charge is 1.94. The van der Waals surface area contributed by atoms with Gasteiger partial charge in [-0.05, 0) is 6.92 Å². The molecule has 52 valence electrons. The molecule has 1 rings (SSSR count). The summed E-state index contributed by atoms with van der Waals surface area (Å²) in [7, 11) is 0. The molecule has 0 nitrogen and oxygen atoms in total. The van der Waals surface area contributed by atoms with Crippen LogP contribution in [0, 0.1) is 6.92 Å². The maximum Gasteiger partial charge on any atom is 0.131 e. The topological polar surface area (TPSA) is 0 Å². The molecule has 0 aliphatic heterocycles. The van der Waals surface area contributed by atoms with Gasteiger partial charge in [0.1, 0.15) is 16.3 Å². The van der Waals surface area contributed by atoms with Crippen molar-refractivity contribution < 1.29 is 1.43 Å². The second-order valence-electron chi connectivity index (χ2n) is 2.70. The fraction of sp³-hybridized carbons (Fsp3) is 0.333. The Morgan fingerprint density at radius 3 is 2.20 bits per heavy atom. The van der Waals surface area contributed by atoms with Gasteiger partial charge in [0.15, 0.2) is 0 Å². The molecule has 1 aromatic carbocycles. The molecule has 0 aliphatic rings. The predicted octanol–water partition coefficient (Wildman–Crippen LogP) is 2.47. The summed E-state index contributed by atoms with van der Waals surface area (Å²) in [6.07, 6.45) is 0. The average molecular weight is 148 g/mol. The van der Waals surface area contributed by atoms with Gasteiger partial charge in [0.2, 0.25) is 0 Å². The van der Waals surface area contributed by atoms with Crippen LogP contribution in [0.1, 0.15) is 24.3 Å². The van der Waals surface area contributed by atoms with Crippen LogP contribution in [0.4, 0.5) is 0 Å². The lowest BCUT2D eigenvalue weighted by molar-refractivity contribution is 1.08. The summed E-state index contributed by atoms with van der Waals surface area (Å²) in [6, 6.07) is 8.64. The summed E-state index contributed by atoms with van der Waals surface area (Å²) in [4.78, 5) is 0. The summed E-state index contributed by atoms with van der Waals surface area (Å²) in [6.45, 7) is 4.28. The molecule has 1 heteroatoms. The first-order chi connectivity index (χ1) is 4.70. The monoisotopic (exact) mass is 148 g/mol. The summed E-state index contributed by atoms with van der Waals surface area (Å²) in [5.41, 5.74) is 2.71. The van der Waals surface area contributed by atoms with E-state index in [1.165, 1.54) is 11.1 Å². The predicted molar refractivity (Wildman–Crippen MR) is 47.5 cm³/mol. The van der Waals surface area contributed by atoms with Crippen molar-refractivity contribution in [2.75, 3.05) is 0 Å². The third kappa shape index (κ3) is 1.87. The van der Waals surface area contributed by atoms with Gasteiger partial charge in [-0.15, -0.1) is 0 Å². The minimum Gasteiger partial charge on any atom is -0.0867 e. The lowest BCUT2D eigenvalue weighted by atomic mass is 10.1. The molecule has 0 amide bonds. The number of rotatable bonds is 1. The zero-order valence-electron chi connectivity index (χ0n) is 6.46. The van der Waals surface area contributed by atoms with Crippen molar-refractivity contribution in [1.82, 2.24) is 0 Å². The zero-order chi connectivity index (χ0) is 7.56. The standard InChI is InChI=1S/C9H11.Al.H2/c1-3-9-6-4-8(2)5-7-9;;/h3-7H,1-2H3;;1H. The Bertz CT molecular complexity index is 203. The van der Waals surface area contributed by atoms with Gasteiger partial charge in [-0.25, -0.2) is 0 Å². The van der Waals surface area contributed by atoms with E-state index in [0.29, 0.717) is 4.78 Å². The van der Waals surface area contributed by atoms with E-state index >= 15 is 0 Å². The van der Waals surface area contributed by atoms with Crippen molar-refractivity contribution in [2.45, 2.75) is 18.6 Å². The van der Waals surface area contributed by atoms with Crippen molar-refractivity contribution in [3.63, 3.8) is 0 Å². The minimum absolute atomic E-state index is 0. The number of hydrogen-bond donors (Lipinski definition) is 0. The SMILES string of the molecule is Cc1ccc([CH](C)[Al])cc1.[HH]. The highest BCUT2D eigenvalue weighted by Crippen LogP contribution is 2.11. The van der Waals surface area contributed by atoms with Crippen molar-refractivity contribution in [1.29, 1.82) is 0 Å². The molecule has 0 spiro atoms. The van der Waals surface area contributed by atoms with Gasteiger partial charge in [-0.1, -0.05) is 47.1 Å². The van der Waals surface area contributed by atoms with Gasteiger partial charge >= 0.3 is 0 Å². The van der Waals surface area contributed by atoms with Crippen LogP contribution >= 0.6 is 0 Å². The largest absolute Gasteiger partial charge is 0.131 e. The molecule has 0 saturated carbocycles. The van der Waals surface area contributed by atoms with Crippen LogP contribution in [-0.4, -0.2) is 16.3 Å². The highest BCUT2D eigenvalue weighted by atomic mass is 27.0. The van der Waals surface area contributed by atoms with Gasteiger partial charge < -0.3 is 0 Å². The molecule has 0 N–H and O–H groups in total. The Labute approximate surface area is 72.2 Å². The Balaban J connectivity index is 0.000001000. The van der Waals surface area contributed by atoms with Crippen LogP contribution in [0.2, 0.25) is 0 Å². The Morgan fingerprint density at radius 1 is 1.30 bits per heavy atom. The van der Waals surface area contributed by atoms with E-state index in [4.69, 9.17) is 0 Å². The Morgan fingerprint density at radius 2 is 1.80 bits per heavy atom. The van der Waals surface area contributed by atoms with Gasteiger partial charge in [-0.2, -0.15) is 0 Å². The van der Waals surface area contributed by atoms with Gasteiger partial charge in [0.25, 0.3) is 0 Å². The smallest absolute Gasteiger partial charge is 0.0867 e. The van der Waals surface area contributed by atoms with E-state index in [2.05, 4.69) is 54.4 Å². The molecule has 0 saturated heterocycles. The molecule has 0 aromatic heterocycles. The highest BCUT2D eigenvalue weighted by molar-refractivity contribution is 6.12. The van der Waals surface area contributed by atoms with Crippen LogP contribution in [0.5, 0.6) is 0 Å². The van der Waals surface area contributed by atoms with E-state index in [1.807, 2.05) is 0 Å². The van der Waals surface area contributed by atoms with E-state index in [0.717, 1.165) is 0 Å². The normalized spacial score (nSPS) is 13.0. The second kappa shape index (κ2) is 3.23. The van der Waals surface area contributed by atoms with Crippen LogP contribution in [0.3, 0.4) is 0 Å². The van der Waals surface area contributed by atoms with Gasteiger partial charge in [0, 0.05) is 1.43 Å². The lowest BCUT2D eigenvalue weighted by Crippen LogP contribution is -1.90. The quantitative estimate of drug-likeness (QED) is 0.537. The third-order valence-electron chi connectivity index (χ3n) is 1.60. The van der Waals surface area contributed by atoms with Crippen LogP contribution < -0.4 is 0 Å². The van der Waals surface area contributed by atoms with E-state index in [9.17, 15) is 0 Å². The molecule has 0 heterocycles. The molecule has 1 aromatic rings. The fourth-order valence-corrected chi connectivity index (χ4v) is 1.09. The summed E-state index contributed by atoms with van der Waals surface area (Å²) in [5, 5.41) is 0. The molecule has 0 fully saturated rings. The Kier molecular flexibility index (Phi) is 2.54. The van der Waals surface area contributed by atoms with Crippen molar-refractivity contribution in [3.8, 4) is 0 Å². The molecule has 1 unspecified atom stereocenters. The summed E-state index contributed by atoms with van der Waals surface area (Å²) < 4.78 is 0.570. The molecular formula is C9H13Al. The molecule has 1 atom stereocenters. The van der Waals surface area contributed by atoms with Crippen molar-refractivity contribution in [3.05, 3.63) is 35.4 Å². The molecule has 10 heavy (non-hydrogen) atoms. The van der Waals surface area contributed by atoms with Crippen molar-refractivity contribution in [2.24, 2.45) is 0 Å².